The van der Waals surface area contributed by atoms with Crippen LogP contribution in [-0.4, -0.2) is 47.7 Å². The fourth-order valence-electron chi connectivity index (χ4n) is 2.35. The summed E-state index contributed by atoms with van der Waals surface area (Å²) in [5.74, 6) is 1.79. The summed E-state index contributed by atoms with van der Waals surface area (Å²) in [5, 5.41) is 15.1. The van der Waals surface area contributed by atoms with E-state index in [4.69, 9.17) is 9.47 Å². The number of hydrogen-bond donors (Lipinski definition) is 2. The molecule has 0 aliphatic carbocycles. The van der Waals surface area contributed by atoms with Gasteiger partial charge in [-0.1, -0.05) is 29.2 Å². The van der Waals surface area contributed by atoms with Crippen LogP contribution in [-0.2, 0) is 11.2 Å². The number of aromatic nitrogens is 2. The maximum absolute atomic E-state index is 12.1. The first-order valence-corrected chi connectivity index (χ1v) is 11.2. The molecule has 2 N–H and O–H groups in total. The van der Waals surface area contributed by atoms with Crippen molar-refractivity contribution in [2.24, 2.45) is 0 Å². The van der Waals surface area contributed by atoms with E-state index >= 15 is 0 Å². The van der Waals surface area contributed by atoms with Gasteiger partial charge >= 0.3 is 0 Å². The normalized spacial score (nSPS) is 10.8. The Kier molecular flexibility index (Phi) is 9.36. The van der Waals surface area contributed by atoms with Gasteiger partial charge in [-0.05, 0) is 51.8 Å². The summed E-state index contributed by atoms with van der Waals surface area (Å²) in [6.45, 7) is 9.72. The van der Waals surface area contributed by atoms with Gasteiger partial charge in [0, 0.05) is 12.6 Å². The van der Waals surface area contributed by atoms with E-state index in [0.29, 0.717) is 31.6 Å². The van der Waals surface area contributed by atoms with Gasteiger partial charge in [-0.2, -0.15) is 0 Å². The smallest absolute Gasteiger partial charge is 0.230 e. The highest BCUT2D eigenvalue weighted by molar-refractivity contribution is 8.01. The first-order valence-electron chi connectivity index (χ1n) is 9.39. The van der Waals surface area contributed by atoms with Crippen LogP contribution in [0.5, 0.6) is 11.5 Å². The van der Waals surface area contributed by atoms with E-state index in [1.807, 2.05) is 45.9 Å². The van der Waals surface area contributed by atoms with Crippen molar-refractivity contribution in [3.05, 3.63) is 23.8 Å². The summed E-state index contributed by atoms with van der Waals surface area (Å²) >= 11 is 2.85. The molecule has 7 nitrogen and oxygen atoms in total. The second kappa shape index (κ2) is 11.8. The van der Waals surface area contributed by atoms with Gasteiger partial charge in [-0.3, -0.25) is 4.79 Å². The van der Waals surface area contributed by atoms with Crippen LogP contribution >= 0.6 is 23.1 Å². The van der Waals surface area contributed by atoms with Crippen LogP contribution < -0.4 is 20.1 Å². The number of ether oxygens (including phenoxy) is 2. The van der Waals surface area contributed by atoms with Crippen LogP contribution in [0.25, 0.3) is 0 Å². The molecular formula is C19H28N4O3S2. The molecule has 9 heteroatoms. The summed E-state index contributed by atoms with van der Waals surface area (Å²) in [7, 11) is 0. The maximum atomic E-state index is 12.1. The van der Waals surface area contributed by atoms with Gasteiger partial charge in [-0.25, -0.2) is 0 Å². The lowest BCUT2D eigenvalue weighted by molar-refractivity contribution is -0.118. The van der Waals surface area contributed by atoms with E-state index in [2.05, 4.69) is 20.8 Å². The molecule has 0 aliphatic heterocycles. The molecule has 0 bridgehead atoms. The third kappa shape index (κ3) is 7.55. The lowest BCUT2D eigenvalue weighted by Crippen LogP contribution is -2.27. The summed E-state index contributed by atoms with van der Waals surface area (Å²) in [4.78, 5) is 12.1. The van der Waals surface area contributed by atoms with Gasteiger partial charge in [0.15, 0.2) is 15.8 Å². The van der Waals surface area contributed by atoms with E-state index in [9.17, 15) is 4.79 Å². The Hall–Kier alpha value is -2.00. The number of hydrogen-bond acceptors (Lipinski definition) is 8. The summed E-state index contributed by atoms with van der Waals surface area (Å²) in [5.41, 5.74) is 1.09. The monoisotopic (exact) mass is 424 g/mol. The number of thioether (sulfide) groups is 1. The van der Waals surface area contributed by atoms with Crippen molar-refractivity contribution in [1.82, 2.24) is 15.5 Å². The van der Waals surface area contributed by atoms with Gasteiger partial charge in [0.05, 0.1) is 19.0 Å². The molecular weight excluding hydrogens is 396 g/mol. The first-order chi connectivity index (χ1) is 13.5. The number of amides is 1. The van der Waals surface area contributed by atoms with E-state index < -0.39 is 0 Å². The highest BCUT2D eigenvalue weighted by Crippen LogP contribution is 2.29. The zero-order chi connectivity index (χ0) is 20.4. The van der Waals surface area contributed by atoms with Crippen molar-refractivity contribution in [2.75, 3.05) is 30.8 Å². The molecule has 28 heavy (non-hydrogen) atoms. The van der Waals surface area contributed by atoms with Crippen LogP contribution in [0.1, 0.15) is 33.3 Å². The summed E-state index contributed by atoms with van der Waals surface area (Å²) in [6.07, 6.45) is 0.726. The fourth-order valence-corrected chi connectivity index (χ4v) is 4.08. The van der Waals surface area contributed by atoms with Crippen LogP contribution in [0.15, 0.2) is 22.5 Å². The molecule has 0 radical (unpaired) electrons. The highest BCUT2D eigenvalue weighted by Gasteiger charge is 2.10. The van der Waals surface area contributed by atoms with Gasteiger partial charge in [-0.15, -0.1) is 10.2 Å². The Morgan fingerprint density at radius 3 is 2.64 bits per heavy atom. The molecule has 0 unspecified atom stereocenters. The van der Waals surface area contributed by atoms with Gasteiger partial charge < -0.3 is 20.1 Å². The Labute approximate surface area is 174 Å². The predicted octanol–water partition coefficient (Wildman–Crippen LogP) is 3.61. The predicted molar refractivity (Wildman–Crippen MR) is 115 cm³/mol. The number of benzene rings is 1. The number of nitrogens with one attached hydrogen (secondary N) is 2. The molecule has 1 aromatic carbocycles. The molecule has 0 fully saturated rings. The van der Waals surface area contributed by atoms with Crippen LogP contribution in [0.2, 0.25) is 0 Å². The Morgan fingerprint density at radius 1 is 1.18 bits per heavy atom. The molecule has 1 heterocycles. The molecule has 2 aromatic rings. The van der Waals surface area contributed by atoms with E-state index in [1.54, 1.807) is 0 Å². The SMILES string of the molecule is CCOc1ccc(CCNC(=O)CSc2nnc(NC(C)C)s2)cc1OCC. The van der Waals surface area contributed by atoms with Crippen LogP contribution in [0, 0.1) is 0 Å². The molecule has 0 saturated heterocycles. The second-order valence-electron chi connectivity index (χ2n) is 6.21. The minimum Gasteiger partial charge on any atom is -0.490 e. The topological polar surface area (TPSA) is 85.4 Å². The number of nitrogens with zero attached hydrogens (tertiary/aromatic N) is 2. The van der Waals surface area contributed by atoms with Crippen molar-refractivity contribution in [3.8, 4) is 11.5 Å². The molecule has 154 valence electrons. The third-order valence-electron chi connectivity index (χ3n) is 3.49. The Bertz CT molecular complexity index is 753. The largest absolute Gasteiger partial charge is 0.490 e. The molecule has 1 aromatic heterocycles. The summed E-state index contributed by atoms with van der Waals surface area (Å²) in [6, 6.07) is 6.19. The lowest BCUT2D eigenvalue weighted by Gasteiger charge is -2.12. The lowest BCUT2D eigenvalue weighted by atomic mass is 10.1. The zero-order valence-electron chi connectivity index (χ0n) is 16.8. The first kappa shape index (κ1) is 22.3. The summed E-state index contributed by atoms with van der Waals surface area (Å²) < 4.78 is 12.0. The van der Waals surface area contributed by atoms with Crippen molar-refractivity contribution in [2.45, 2.75) is 44.5 Å². The molecule has 0 aliphatic rings. The molecule has 2 rings (SSSR count). The van der Waals surface area contributed by atoms with Crippen LogP contribution in [0.3, 0.4) is 0 Å². The molecule has 1 amide bonds. The van der Waals surface area contributed by atoms with Gasteiger partial charge in [0.25, 0.3) is 0 Å². The number of carbonyl (C=O) groups excluding carboxylic acids is 1. The quantitative estimate of drug-likeness (QED) is 0.504. The molecule has 0 atom stereocenters. The van der Waals surface area contributed by atoms with Crippen molar-refractivity contribution in [3.63, 3.8) is 0 Å². The van der Waals surface area contributed by atoms with Crippen molar-refractivity contribution < 1.29 is 14.3 Å². The molecule has 0 spiro atoms. The van der Waals surface area contributed by atoms with Gasteiger partial charge in [0.2, 0.25) is 11.0 Å². The standard InChI is InChI=1S/C19H28N4O3S2/c1-5-25-15-8-7-14(11-16(15)26-6-2)9-10-20-17(24)12-27-19-23-22-18(28-19)21-13(3)4/h7-8,11,13H,5-6,9-10,12H2,1-4H3,(H,20,24)(H,21,22). The Balaban J connectivity index is 1.75. The second-order valence-corrected chi connectivity index (χ2v) is 8.41. The van der Waals surface area contributed by atoms with Crippen LogP contribution in [0.4, 0.5) is 5.13 Å². The minimum atomic E-state index is -0.0189. The third-order valence-corrected chi connectivity index (χ3v) is 5.48. The minimum absolute atomic E-state index is 0.0189. The highest BCUT2D eigenvalue weighted by atomic mass is 32.2. The van der Waals surface area contributed by atoms with Crippen molar-refractivity contribution >= 4 is 34.1 Å². The average Bonchev–Trinajstić information content (AvgIpc) is 3.09. The van der Waals surface area contributed by atoms with Crippen molar-refractivity contribution in [1.29, 1.82) is 0 Å². The Morgan fingerprint density at radius 2 is 1.93 bits per heavy atom. The molecule has 0 saturated carbocycles. The number of anilines is 1. The van der Waals surface area contributed by atoms with Gasteiger partial charge in [0.1, 0.15) is 0 Å². The van der Waals surface area contributed by atoms with E-state index in [1.165, 1.54) is 23.1 Å². The van der Waals surface area contributed by atoms with E-state index in [0.717, 1.165) is 33.0 Å². The maximum Gasteiger partial charge on any atom is 0.230 e. The zero-order valence-corrected chi connectivity index (χ0v) is 18.4. The fraction of sp³-hybridized carbons (Fsp3) is 0.526. The number of carbonyl (C=O) groups is 1. The van der Waals surface area contributed by atoms with E-state index in [-0.39, 0.29) is 5.91 Å². The number of rotatable bonds is 12. The average molecular weight is 425 g/mol.